The topological polar surface area (TPSA) is 55.9 Å². The quantitative estimate of drug-likeness (QED) is 0.183. The molecule has 0 bridgehead atoms. The molecule has 0 aliphatic rings. The number of hydrogen-bond acceptors (Lipinski definition) is 3. The largest absolute Gasteiger partial charge is 0.355 e. The molecule has 9 rings (SSSR count). The summed E-state index contributed by atoms with van der Waals surface area (Å²) < 4.78 is 2.40. The van der Waals surface area contributed by atoms with Crippen LogP contribution in [-0.2, 0) is 6.54 Å². The van der Waals surface area contributed by atoms with Gasteiger partial charge in [0.2, 0.25) is 0 Å². The number of anilines is 2. The lowest BCUT2D eigenvalue weighted by atomic mass is 9.90. The maximum absolute atomic E-state index is 6.48. The number of rotatable bonds is 6. The highest BCUT2D eigenvalue weighted by atomic mass is 15.0. The highest BCUT2D eigenvalue weighted by Gasteiger charge is 2.20. The van der Waals surface area contributed by atoms with E-state index in [2.05, 4.69) is 136 Å². The third kappa shape index (κ3) is 4.62. The minimum absolute atomic E-state index is 0.414. The Hall–Kier alpha value is -6.23. The lowest BCUT2D eigenvalue weighted by molar-refractivity contribution is 1.08. The minimum atomic E-state index is 0.414. The van der Waals surface area contributed by atoms with Gasteiger partial charge in [-0.1, -0.05) is 97.1 Å². The van der Waals surface area contributed by atoms with Gasteiger partial charge in [-0.25, -0.2) is 0 Å². The highest BCUT2D eigenvalue weighted by molar-refractivity contribution is 6.30. The van der Waals surface area contributed by atoms with Crippen LogP contribution < -0.4 is 11.1 Å². The fourth-order valence-electron chi connectivity index (χ4n) is 7.20. The van der Waals surface area contributed by atoms with E-state index in [0.717, 1.165) is 44.9 Å². The third-order valence-corrected chi connectivity index (χ3v) is 9.42. The Kier molecular flexibility index (Phi) is 6.74. The smallest absolute Gasteiger partial charge is 0.0701 e. The first-order chi connectivity index (χ1) is 23.8. The van der Waals surface area contributed by atoms with Crippen LogP contribution in [0.3, 0.4) is 0 Å². The van der Waals surface area contributed by atoms with Gasteiger partial charge in [-0.2, -0.15) is 0 Å². The van der Waals surface area contributed by atoms with Gasteiger partial charge in [0.25, 0.3) is 0 Å². The SMILES string of the molecule is NCc1cc2c3c4c(ccc3n(-c3ccc(-c5ccccn5)cc3)c2cc1Nc1ccccc1)c(-c1ccccc1)cc1ccccc14. The lowest BCUT2D eigenvalue weighted by Gasteiger charge is -2.14. The molecule has 0 fully saturated rings. The van der Waals surface area contributed by atoms with E-state index in [1.165, 1.54) is 43.4 Å². The van der Waals surface area contributed by atoms with E-state index < -0.39 is 0 Å². The Bertz CT molecular complexity index is 2590. The van der Waals surface area contributed by atoms with Crippen molar-refractivity contribution in [1.29, 1.82) is 0 Å². The first-order valence-corrected chi connectivity index (χ1v) is 16.3. The van der Waals surface area contributed by atoms with Crippen LogP contribution in [0, 0.1) is 0 Å². The van der Waals surface area contributed by atoms with Gasteiger partial charge in [0.1, 0.15) is 0 Å². The monoisotopic (exact) mass is 616 g/mol. The standard InChI is InChI=1S/C44H32N4/c45-28-32-26-38-42(27-40(32)47-33-14-5-2-6-15-33)48(34-20-18-30(19-21-34)39-17-9-10-24-46-39)41-23-22-36-37(29-11-3-1-4-12-29)25-31-13-7-8-16-35(31)43(36)44(38)41/h1-27,47H,28,45H2. The molecule has 0 atom stereocenters. The summed E-state index contributed by atoms with van der Waals surface area (Å²) >= 11 is 0. The summed E-state index contributed by atoms with van der Waals surface area (Å²) in [6, 6.07) is 56.0. The number of aromatic nitrogens is 2. The summed E-state index contributed by atoms with van der Waals surface area (Å²) in [4.78, 5) is 4.58. The Balaban J connectivity index is 1.39. The Morgan fingerprint density at radius 3 is 2.08 bits per heavy atom. The number of pyridine rings is 1. The molecule has 4 nitrogen and oxygen atoms in total. The van der Waals surface area contributed by atoms with Crippen LogP contribution in [0.1, 0.15) is 5.56 Å². The highest BCUT2D eigenvalue weighted by Crippen LogP contribution is 2.44. The van der Waals surface area contributed by atoms with E-state index in [9.17, 15) is 0 Å². The van der Waals surface area contributed by atoms with Crippen LogP contribution in [0.2, 0.25) is 0 Å². The summed E-state index contributed by atoms with van der Waals surface area (Å²) in [6.45, 7) is 0.414. The van der Waals surface area contributed by atoms with Crippen molar-refractivity contribution in [2.45, 2.75) is 6.54 Å². The number of nitrogens with one attached hydrogen (secondary N) is 1. The Morgan fingerprint density at radius 2 is 1.31 bits per heavy atom. The molecule has 3 N–H and O–H groups in total. The second-order valence-electron chi connectivity index (χ2n) is 12.2. The molecule has 0 spiro atoms. The average Bonchev–Trinajstić information content (AvgIpc) is 3.48. The van der Waals surface area contributed by atoms with Gasteiger partial charge in [-0.05, 0) is 93.5 Å². The van der Waals surface area contributed by atoms with Crippen LogP contribution in [0.25, 0.3) is 71.4 Å². The van der Waals surface area contributed by atoms with Gasteiger partial charge in [0, 0.05) is 51.5 Å². The number of benzene rings is 7. The second-order valence-corrected chi connectivity index (χ2v) is 12.2. The molecule has 0 aliphatic heterocycles. The van der Waals surface area contributed by atoms with E-state index in [0.29, 0.717) is 6.54 Å². The van der Waals surface area contributed by atoms with Crippen molar-refractivity contribution in [1.82, 2.24) is 9.55 Å². The minimum Gasteiger partial charge on any atom is -0.355 e. The zero-order valence-corrected chi connectivity index (χ0v) is 26.3. The number of hydrogen-bond donors (Lipinski definition) is 2. The zero-order valence-electron chi connectivity index (χ0n) is 26.3. The van der Waals surface area contributed by atoms with Crippen molar-refractivity contribution >= 4 is 54.7 Å². The molecule has 4 heteroatoms. The third-order valence-electron chi connectivity index (χ3n) is 9.42. The van der Waals surface area contributed by atoms with Crippen LogP contribution in [-0.4, -0.2) is 9.55 Å². The molecule has 0 saturated heterocycles. The van der Waals surface area contributed by atoms with E-state index >= 15 is 0 Å². The van der Waals surface area contributed by atoms with E-state index in [4.69, 9.17) is 5.73 Å². The molecule has 2 heterocycles. The first kappa shape index (κ1) is 28.0. The van der Waals surface area contributed by atoms with Crippen molar-refractivity contribution in [3.05, 3.63) is 169 Å². The van der Waals surface area contributed by atoms with Gasteiger partial charge < -0.3 is 15.6 Å². The van der Waals surface area contributed by atoms with Gasteiger partial charge >= 0.3 is 0 Å². The van der Waals surface area contributed by atoms with Gasteiger partial charge in [-0.3, -0.25) is 4.98 Å². The van der Waals surface area contributed by atoms with Crippen molar-refractivity contribution < 1.29 is 0 Å². The maximum Gasteiger partial charge on any atom is 0.0701 e. The maximum atomic E-state index is 6.48. The van der Waals surface area contributed by atoms with Crippen molar-refractivity contribution in [2.75, 3.05) is 5.32 Å². The van der Waals surface area contributed by atoms with Gasteiger partial charge in [0.05, 0.1) is 16.7 Å². The predicted octanol–water partition coefficient (Wildman–Crippen LogP) is 11.0. The van der Waals surface area contributed by atoms with Gasteiger partial charge in [-0.15, -0.1) is 0 Å². The zero-order chi connectivity index (χ0) is 32.0. The van der Waals surface area contributed by atoms with Gasteiger partial charge in [0.15, 0.2) is 0 Å². The second kappa shape index (κ2) is 11.5. The summed E-state index contributed by atoms with van der Waals surface area (Å²) in [5, 5.41) is 11.0. The molecule has 0 saturated carbocycles. The fraction of sp³-hybridized carbons (Fsp3) is 0.0227. The van der Waals surface area contributed by atoms with Crippen LogP contribution >= 0.6 is 0 Å². The Morgan fingerprint density at radius 1 is 0.562 bits per heavy atom. The van der Waals surface area contributed by atoms with E-state index in [1.807, 2.05) is 42.6 Å². The molecule has 48 heavy (non-hydrogen) atoms. The van der Waals surface area contributed by atoms with Crippen molar-refractivity contribution in [3.8, 4) is 28.1 Å². The summed E-state index contributed by atoms with van der Waals surface area (Å²) in [7, 11) is 0. The summed E-state index contributed by atoms with van der Waals surface area (Å²) in [6.07, 6.45) is 1.84. The lowest BCUT2D eigenvalue weighted by Crippen LogP contribution is -2.03. The fourth-order valence-corrected chi connectivity index (χ4v) is 7.20. The average molecular weight is 617 g/mol. The first-order valence-electron chi connectivity index (χ1n) is 16.3. The molecule has 7 aromatic carbocycles. The van der Waals surface area contributed by atoms with E-state index in [-0.39, 0.29) is 0 Å². The van der Waals surface area contributed by atoms with Crippen molar-refractivity contribution in [3.63, 3.8) is 0 Å². The summed E-state index contributed by atoms with van der Waals surface area (Å²) in [5.74, 6) is 0. The van der Waals surface area contributed by atoms with Crippen LogP contribution in [0.15, 0.2) is 164 Å². The number of nitrogens with zero attached hydrogens (tertiary/aromatic N) is 2. The molecule has 0 aliphatic carbocycles. The molecular formula is C44H32N4. The van der Waals surface area contributed by atoms with Crippen LogP contribution in [0.5, 0.6) is 0 Å². The van der Waals surface area contributed by atoms with Crippen LogP contribution in [0.4, 0.5) is 11.4 Å². The number of fused-ring (bicyclic) bond motifs is 7. The molecule has 9 aromatic rings. The van der Waals surface area contributed by atoms with Crippen molar-refractivity contribution in [2.24, 2.45) is 5.73 Å². The predicted molar refractivity (Wildman–Crippen MR) is 202 cm³/mol. The molecule has 0 radical (unpaired) electrons. The summed E-state index contributed by atoms with van der Waals surface area (Å²) in [5.41, 5.74) is 17.4. The molecule has 2 aromatic heterocycles. The number of para-hydroxylation sites is 1. The molecule has 228 valence electrons. The number of nitrogens with two attached hydrogens (primary N) is 1. The van der Waals surface area contributed by atoms with E-state index in [1.54, 1.807) is 0 Å². The Labute approximate surface area is 278 Å². The normalized spacial score (nSPS) is 11.5. The molecule has 0 unspecified atom stereocenters. The molecule has 0 amide bonds. The molecular weight excluding hydrogens is 585 g/mol.